The SMILES string of the molecule is COc1ccc(CN2CCOC2=O)cc1CN. The summed E-state index contributed by atoms with van der Waals surface area (Å²) in [6.45, 7) is 2.08. The minimum atomic E-state index is -0.255. The summed E-state index contributed by atoms with van der Waals surface area (Å²) >= 11 is 0. The maximum atomic E-state index is 11.3. The van der Waals surface area contributed by atoms with Crippen LogP contribution in [0.5, 0.6) is 5.75 Å². The lowest BCUT2D eigenvalue weighted by Crippen LogP contribution is -2.23. The van der Waals surface area contributed by atoms with E-state index in [1.165, 1.54) is 0 Å². The molecule has 2 rings (SSSR count). The normalized spacial score (nSPS) is 14.9. The molecule has 0 atom stereocenters. The zero-order valence-electron chi connectivity index (χ0n) is 9.81. The summed E-state index contributed by atoms with van der Waals surface area (Å²) in [6, 6.07) is 5.77. The number of cyclic esters (lactones) is 1. The number of carbonyl (C=O) groups excluding carboxylic acids is 1. The largest absolute Gasteiger partial charge is 0.496 e. The van der Waals surface area contributed by atoms with Crippen LogP contribution in [0.2, 0.25) is 0 Å². The molecule has 2 N–H and O–H groups in total. The van der Waals surface area contributed by atoms with Crippen LogP contribution in [0.4, 0.5) is 4.79 Å². The molecule has 1 heterocycles. The molecule has 0 aromatic heterocycles. The van der Waals surface area contributed by atoms with Crippen LogP contribution in [0, 0.1) is 0 Å². The molecule has 92 valence electrons. The molecular weight excluding hydrogens is 220 g/mol. The Morgan fingerprint density at radius 1 is 1.53 bits per heavy atom. The van der Waals surface area contributed by atoms with Crippen molar-refractivity contribution in [2.45, 2.75) is 13.1 Å². The van der Waals surface area contributed by atoms with Crippen molar-refractivity contribution in [1.82, 2.24) is 4.90 Å². The first-order chi connectivity index (χ1) is 8.24. The Hall–Kier alpha value is -1.75. The van der Waals surface area contributed by atoms with Gasteiger partial charge in [0.2, 0.25) is 0 Å². The molecule has 0 radical (unpaired) electrons. The Morgan fingerprint density at radius 3 is 2.94 bits per heavy atom. The quantitative estimate of drug-likeness (QED) is 0.850. The molecule has 1 aliphatic rings. The average Bonchev–Trinajstić information content (AvgIpc) is 2.75. The van der Waals surface area contributed by atoms with Crippen molar-refractivity contribution in [3.63, 3.8) is 0 Å². The molecule has 17 heavy (non-hydrogen) atoms. The van der Waals surface area contributed by atoms with E-state index in [1.54, 1.807) is 12.0 Å². The number of hydrogen-bond donors (Lipinski definition) is 1. The highest BCUT2D eigenvalue weighted by molar-refractivity contribution is 5.69. The first-order valence-corrected chi connectivity index (χ1v) is 5.52. The lowest BCUT2D eigenvalue weighted by atomic mass is 10.1. The molecule has 1 fully saturated rings. The minimum absolute atomic E-state index is 0.255. The predicted molar refractivity (Wildman–Crippen MR) is 62.6 cm³/mol. The first kappa shape index (κ1) is 11.7. The second-order valence-electron chi connectivity index (χ2n) is 3.89. The fraction of sp³-hybridized carbons (Fsp3) is 0.417. The highest BCUT2D eigenvalue weighted by atomic mass is 16.6. The van der Waals surface area contributed by atoms with Gasteiger partial charge in [-0.15, -0.1) is 0 Å². The number of rotatable bonds is 4. The lowest BCUT2D eigenvalue weighted by Gasteiger charge is -2.14. The third-order valence-corrected chi connectivity index (χ3v) is 2.78. The van der Waals surface area contributed by atoms with E-state index in [9.17, 15) is 4.79 Å². The number of nitrogens with two attached hydrogens (primary N) is 1. The van der Waals surface area contributed by atoms with Crippen LogP contribution in [0.1, 0.15) is 11.1 Å². The zero-order valence-corrected chi connectivity index (χ0v) is 9.81. The molecule has 1 aliphatic heterocycles. The monoisotopic (exact) mass is 236 g/mol. The van der Waals surface area contributed by atoms with E-state index in [0.29, 0.717) is 26.2 Å². The standard InChI is InChI=1S/C12H16N2O3/c1-16-11-3-2-9(6-10(11)7-13)8-14-4-5-17-12(14)15/h2-3,6H,4-5,7-8,13H2,1H3. The van der Waals surface area contributed by atoms with E-state index < -0.39 is 0 Å². The van der Waals surface area contributed by atoms with Crippen molar-refractivity contribution >= 4 is 6.09 Å². The van der Waals surface area contributed by atoms with Crippen molar-refractivity contribution in [3.8, 4) is 5.75 Å². The van der Waals surface area contributed by atoms with E-state index >= 15 is 0 Å². The summed E-state index contributed by atoms with van der Waals surface area (Å²) in [5, 5.41) is 0. The Balaban J connectivity index is 2.13. The predicted octanol–water partition coefficient (Wildman–Crippen LogP) is 1.11. The molecule has 1 aromatic rings. The lowest BCUT2D eigenvalue weighted by molar-refractivity contribution is 0.157. The van der Waals surface area contributed by atoms with Crippen molar-refractivity contribution < 1.29 is 14.3 Å². The summed E-state index contributed by atoms with van der Waals surface area (Å²) in [7, 11) is 1.62. The van der Waals surface area contributed by atoms with Crippen LogP contribution in [-0.4, -0.2) is 31.3 Å². The Bertz CT molecular complexity index is 420. The number of ether oxygens (including phenoxy) is 2. The van der Waals surface area contributed by atoms with E-state index in [4.69, 9.17) is 15.2 Å². The third-order valence-electron chi connectivity index (χ3n) is 2.78. The van der Waals surface area contributed by atoms with Gasteiger partial charge >= 0.3 is 6.09 Å². The third kappa shape index (κ3) is 2.50. The summed E-state index contributed by atoms with van der Waals surface area (Å²) in [4.78, 5) is 13.0. The van der Waals surface area contributed by atoms with Crippen molar-refractivity contribution in [2.24, 2.45) is 5.73 Å². The van der Waals surface area contributed by atoms with Crippen molar-refractivity contribution in [3.05, 3.63) is 29.3 Å². The average molecular weight is 236 g/mol. The summed E-state index contributed by atoms with van der Waals surface area (Å²) < 4.78 is 10.1. The maximum absolute atomic E-state index is 11.3. The molecule has 0 saturated carbocycles. The van der Waals surface area contributed by atoms with Gasteiger partial charge in [0.25, 0.3) is 0 Å². The molecule has 0 unspecified atom stereocenters. The van der Waals surface area contributed by atoms with E-state index in [0.717, 1.165) is 16.9 Å². The number of methoxy groups -OCH3 is 1. The van der Waals surface area contributed by atoms with Gasteiger partial charge in [0.15, 0.2) is 0 Å². The van der Waals surface area contributed by atoms with Crippen LogP contribution in [0.15, 0.2) is 18.2 Å². The molecule has 1 amide bonds. The molecule has 1 aromatic carbocycles. The van der Waals surface area contributed by atoms with Crippen LogP contribution < -0.4 is 10.5 Å². The maximum Gasteiger partial charge on any atom is 0.410 e. The Morgan fingerprint density at radius 2 is 2.35 bits per heavy atom. The topological polar surface area (TPSA) is 64.8 Å². The molecule has 5 nitrogen and oxygen atoms in total. The van der Waals surface area contributed by atoms with Gasteiger partial charge in [-0.1, -0.05) is 6.07 Å². The van der Waals surface area contributed by atoms with Gasteiger partial charge in [-0.25, -0.2) is 4.79 Å². The Labute approximate surface area is 100 Å². The number of hydrogen-bond acceptors (Lipinski definition) is 4. The number of nitrogens with zero attached hydrogens (tertiary/aromatic N) is 1. The van der Waals surface area contributed by atoms with Gasteiger partial charge < -0.3 is 20.1 Å². The molecular formula is C12H16N2O3. The number of benzene rings is 1. The number of amides is 1. The van der Waals surface area contributed by atoms with Crippen LogP contribution in [-0.2, 0) is 17.8 Å². The van der Waals surface area contributed by atoms with Crippen LogP contribution >= 0.6 is 0 Å². The number of carbonyl (C=O) groups is 1. The zero-order chi connectivity index (χ0) is 12.3. The van der Waals surface area contributed by atoms with Crippen molar-refractivity contribution in [2.75, 3.05) is 20.3 Å². The van der Waals surface area contributed by atoms with Gasteiger partial charge in [-0.3, -0.25) is 0 Å². The Kier molecular flexibility index (Phi) is 3.49. The molecule has 0 spiro atoms. The van der Waals surface area contributed by atoms with Crippen LogP contribution in [0.25, 0.3) is 0 Å². The fourth-order valence-electron chi connectivity index (χ4n) is 1.88. The van der Waals surface area contributed by atoms with Gasteiger partial charge in [0.1, 0.15) is 12.4 Å². The summed E-state index contributed by atoms with van der Waals surface area (Å²) in [6.07, 6.45) is -0.255. The summed E-state index contributed by atoms with van der Waals surface area (Å²) in [5.74, 6) is 0.778. The molecule has 0 aliphatic carbocycles. The smallest absolute Gasteiger partial charge is 0.410 e. The van der Waals surface area contributed by atoms with Crippen molar-refractivity contribution in [1.29, 1.82) is 0 Å². The fourth-order valence-corrected chi connectivity index (χ4v) is 1.88. The van der Waals surface area contributed by atoms with E-state index in [2.05, 4.69) is 0 Å². The van der Waals surface area contributed by atoms with Gasteiger partial charge in [-0.05, 0) is 17.7 Å². The molecule has 1 saturated heterocycles. The van der Waals surface area contributed by atoms with E-state index in [1.807, 2.05) is 18.2 Å². The highest BCUT2D eigenvalue weighted by Gasteiger charge is 2.21. The minimum Gasteiger partial charge on any atom is -0.496 e. The van der Waals surface area contributed by atoms with Crippen LogP contribution in [0.3, 0.4) is 0 Å². The second kappa shape index (κ2) is 5.05. The highest BCUT2D eigenvalue weighted by Crippen LogP contribution is 2.20. The van der Waals surface area contributed by atoms with E-state index in [-0.39, 0.29) is 6.09 Å². The second-order valence-corrected chi connectivity index (χ2v) is 3.89. The van der Waals surface area contributed by atoms with Gasteiger partial charge in [0.05, 0.1) is 13.7 Å². The molecule has 0 bridgehead atoms. The van der Waals surface area contributed by atoms with Gasteiger partial charge in [-0.2, -0.15) is 0 Å². The summed E-state index contributed by atoms with van der Waals surface area (Å²) in [5.41, 5.74) is 7.62. The van der Waals surface area contributed by atoms with Gasteiger partial charge in [0, 0.05) is 18.7 Å². The first-order valence-electron chi connectivity index (χ1n) is 5.52. The molecule has 5 heteroatoms.